The van der Waals surface area contributed by atoms with Crippen LogP contribution in [-0.4, -0.2) is 95.4 Å². The summed E-state index contributed by atoms with van der Waals surface area (Å²) in [6.07, 6.45) is -8.34. The van der Waals surface area contributed by atoms with Crippen LogP contribution in [0, 0.1) is 16.7 Å². The number of esters is 6. The van der Waals surface area contributed by atoms with Crippen molar-refractivity contribution in [3.8, 4) is 0 Å². The lowest BCUT2D eigenvalue weighted by molar-refractivity contribution is -0.365. The molecule has 2 saturated carbocycles. The lowest BCUT2D eigenvalue weighted by atomic mass is 9.44. The number of hydrogen-bond acceptors (Lipinski definition) is 14. The monoisotopic (exact) mass is 714 g/mol. The summed E-state index contributed by atoms with van der Waals surface area (Å²) in [5.41, 5.74) is -6.32. The van der Waals surface area contributed by atoms with Crippen molar-refractivity contribution in [2.24, 2.45) is 16.7 Å². The maximum atomic E-state index is 14.2. The Kier molecular flexibility index (Phi) is 9.93. The van der Waals surface area contributed by atoms with Crippen LogP contribution in [0.25, 0.3) is 0 Å². The summed E-state index contributed by atoms with van der Waals surface area (Å²) in [4.78, 5) is 78.6. The second-order valence-corrected chi connectivity index (χ2v) is 14.7. The number of carbonyl (C=O) groups excluding carboxylic acids is 6. The van der Waals surface area contributed by atoms with Gasteiger partial charge in [0.15, 0.2) is 17.8 Å². The van der Waals surface area contributed by atoms with Crippen molar-refractivity contribution in [2.45, 2.75) is 123 Å². The molecule has 0 radical (unpaired) electrons. The van der Waals surface area contributed by atoms with E-state index in [0.29, 0.717) is 5.57 Å². The fraction of sp³-hybridized carbons (Fsp3) is 0.622. The molecule has 1 heterocycles. The van der Waals surface area contributed by atoms with Gasteiger partial charge in [0, 0.05) is 52.9 Å². The smallest absolute Gasteiger partial charge is 0.338 e. The molecule has 1 aromatic carbocycles. The van der Waals surface area contributed by atoms with Crippen molar-refractivity contribution in [1.29, 1.82) is 0 Å². The normalized spacial score (nSPS) is 36.3. The zero-order valence-electron chi connectivity index (χ0n) is 30.3. The Labute approximate surface area is 296 Å². The quantitative estimate of drug-likeness (QED) is 0.247. The predicted octanol–water partition coefficient (Wildman–Crippen LogP) is 3.16. The van der Waals surface area contributed by atoms with Crippen molar-refractivity contribution >= 4 is 35.8 Å². The highest BCUT2D eigenvalue weighted by atomic mass is 16.6. The zero-order valence-corrected chi connectivity index (χ0v) is 30.3. The molecule has 0 spiro atoms. The average Bonchev–Trinajstić information content (AvgIpc) is 3.00. The molecule has 3 aliphatic carbocycles. The Bertz CT molecular complexity index is 1650. The predicted molar refractivity (Wildman–Crippen MR) is 174 cm³/mol. The molecule has 0 amide bonds. The summed E-state index contributed by atoms with van der Waals surface area (Å²) >= 11 is 0. The van der Waals surface area contributed by atoms with Crippen LogP contribution in [-0.2, 0) is 57.1 Å². The second kappa shape index (κ2) is 13.4. The summed E-state index contributed by atoms with van der Waals surface area (Å²) in [6, 6.07) is 8.02. The molecule has 1 N–H and O–H groups in total. The molecule has 14 nitrogen and oxygen atoms in total. The molecule has 1 aromatic rings. The van der Waals surface area contributed by atoms with Crippen LogP contribution in [0.2, 0.25) is 0 Å². The van der Waals surface area contributed by atoms with E-state index in [2.05, 4.69) is 0 Å². The number of fused-ring (bicyclic) bond motifs is 5. The Balaban J connectivity index is 1.95. The zero-order chi connectivity index (χ0) is 37.8. The van der Waals surface area contributed by atoms with Crippen LogP contribution in [0.15, 0.2) is 41.5 Å². The van der Waals surface area contributed by atoms with E-state index < -0.39 is 100 Å². The fourth-order valence-corrected chi connectivity index (χ4v) is 9.16. The lowest BCUT2D eigenvalue weighted by Gasteiger charge is -2.69. The van der Waals surface area contributed by atoms with Crippen molar-refractivity contribution in [3.63, 3.8) is 0 Å². The average molecular weight is 715 g/mol. The summed E-state index contributed by atoms with van der Waals surface area (Å²) < 4.78 is 42.5. The summed E-state index contributed by atoms with van der Waals surface area (Å²) in [5, 5.41) is 13.5. The fourth-order valence-electron chi connectivity index (χ4n) is 9.16. The highest BCUT2D eigenvalue weighted by molar-refractivity contribution is 5.89. The molecule has 10 atom stereocenters. The van der Waals surface area contributed by atoms with E-state index in [1.54, 1.807) is 45.9 Å². The third kappa shape index (κ3) is 6.19. The van der Waals surface area contributed by atoms with Crippen molar-refractivity contribution in [1.82, 2.24) is 0 Å². The highest BCUT2D eigenvalue weighted by Crippen LogP contribution is 2.66. The molecule has 2 bridgehead atoms. The van der Waals surface area contributed by atoms with Crippen LogP contribution in [0.1, 0.15) is 85.5 Å². The molecule has 278 valence electrons. The van der Waals surface area contributed by atoms with E-state index in [4.69, 9.17) is 33.2 Å². The summed E-state index contributed by atoms with van der Waals surface area (Å²) in [7, 11) is 0. The van der Waals surface area contributed by atoms with Gasteiger partial charge < -0.3 is 38.3 Å². The van der Waals surface area contributed by atoms with Crippen molar-refractivity contribution in [2.75, 3.05) is 6.61 Å². The molecule has 1 saturated heterocycles. The molecule has 14 heteroatoms. The van der Waals surface area contributed by atoms with Gasteiger partial charge in [0.2, 0.25) is 0 Å². The summed E-state index contributed by atoms with van der Waals surface area (Å²) in [6.45, 7) is 12.2. The topological polar surface area (TPSA) is 187 Å². The highest BCUT2D eigenvalue weighted by Gasteiger charge is 2.79. The Morgan fingerprint density at radius 3 is 1.86 bits per heavy atom. The third-order valence-electron chi connectivity index (χ3n) is 11.3. The van der Waals surface area contributed by atoms with Gasteiger partial charge in [0.05, 0.1) is 23.5 Å². The molecule has 51 heavy (non-hydrogen) atoms. The summed E-state index contributed by atoms with van der Waals surface area (Å²) in [5.74, 6) is -5.93. The van der Waals surface area contributed by atoms with E-state index in [9.17, 15) is 33.9 Å². The van der Waals surface area contributed by atoms with E-state index in [1.165, 1.54) is 32.9 Å². The Morgan fingerprint density at radius 2 is 1.35 bits per heavy atom. The molecule has 5 rings (SSSR count). The number of rotatable bonds is 7. The maximum Gasteiger partial charge on any atom is 0.338 e. The second-order valence-electron chi connectivity index (χ2n) is 14.7. The van der Waals surface area contributed by atoms with E-state index in [1.807, 2.05) is 0 Å². The van der Waals surface area contributed by atoms with Crippen LogP contribution in [0.4, 0.5) is 0 Å². The van der Waals surface area contributed by atoms with Gasteiger partial charge in [-0.2, -0.15) is 0 Å². The van der Waals surface area contributed by atoms with Crippen LogP contribution < -0.4 is 0 Å². The largest absolute Gasteiger partial charge is 0.462 e. The van der Waals surface area contributed by atoms with Gasteiger partial charge in [-0.3, -0.25) is 24.0 Å². The molecule has 3 fully saturated rings. The van der Waals surface area contributed by atoms with Crippen molar-refractivity contribution in [3.05, 3.63) is 47.0 Å². The molecule has 0 unspecified atom stereocenters. The molecule has 0 aromatic heterocycles. The number of carbonyl (C=O) groups is 6. The first-order valence-corrected chi connectivity index (χ1v) is 16.9. The number of ether oxygens (including phenoxy) is 7. The minimum atomic E-state index is -2.19. The van der Waals surface area contributed by atoms with Gasteiger partial charge in [0.1, 0.15) is 30.0 Å². The maximum absolute atomic E-state index is 14.2. The number of hydrogen-bond donors (Lipinski definition) is 1. The minimum absolute atomic E-state index is 0.0698. The Hall–Kier alpha value is -4.30. The van der Waals surface area contributed by atoms with E-state index in [-0.39, 0.29) is 30.6 Å². The van der Waals surface area contributed by atoms with Gasteiger partial charge in [-0.05, 0) is 30.2 Å². The first kappa shape index (κ1) is 37.9. The minimum Gasteiger partial charge on any atom is -0.462 e. The molecular formula is C37H46O14. The molecule has 4 aliphatic rings. The van der Waals surface area contributed by atoms with Crippen LogP contribution in [0.3, 0.4) is 0 Å². The lowest BCUT2D eigenvalue weighted by Crippen LogP contribution is -2.82. The van der Waals surface area contributed by atoms with Gasteiger partial charge in [0.25, 0.3) is 0 Å². The van der Waals surface area contributed by atoms with Gasteiger partial charge in [-0.25, -0.2) is 4.79 Å². The van der Waals surface area contributed by atoms with E-state index in [0.717, 1.165) is 13.8 Å². The van der Waals surface area contributed by atoms with E-state index >= 15 is 0 Å². The first-order valence-electron chi connectivity index (χ1n) is 16.9. The number of aliphatic hydroxyl groups is 1. The SMILES string of the molecule is CC(=O)O[C@H]1C[C@@]2(O)[C@@H](OC(=O)c3ccccc3)[C@@H]3[C@]4(OC(C)=O)CO[C@@H]4C[C@@H](OC(C)=O)[C@@]3(C)[C@@H](OC(C)=O)[C@@H](OC(C)=O)C(=C1C)C2(C)C. The van der Waals surface area contributed by atoms with Crippen LogP contribution >= 0.6 is 0 Å². The van der Waals surface area contributed by atoms with Gasteiger partial charge in [-0.15, -0.1) is 0 Å². The standard InChI is InChI=1S/C37H46O14/c1-18-25(46-19(2)38)16-37(44)32(50-33(43)24-13-11-10-12-14-24)30-35(9,26(47-20(3)39)15-27-36(30,17-45-27)51-23(6)42)31(49-22(5)41)29(48-21(4)40)28(18)34(37,7)8/h10-14,25-27,29-32,44H,15-17H2,1-9H3/t25-,26+,27+,29-,30-,31-,32-,35+,36-,37+/m0/s1. The number of benzene rings is 1. The first-order chi connectivity index (χ1) is 23.7. The van der Waals surface area contributed by atoms with Crippen molar-refractivity contribution < 1.29 is 67.0 Å². The van der Waals surface area contributed by atoms with Crippen LogP contribution in [0.5, 0.6) is 0 Å². The third-order valence-corrected chi connectivity index (χ3v) is 11.3. The Morgan fingerprint density at radius 1 is 0.765 bits per heavy atom. The van der Waals surface area contributed by atoms with Gasteiger partial charge >= 0.3 is 35.8 Å². The molecular weight excluding hydrogens is 668 g/mol. The molecule has 1 aliphatic heterocycles. The van der Waals surface area contributed by atoms with Gasteiger partial charge in [-0.1, -0.05) is 39.0 Å².